The number of carbonyl (C=O) groups is 2. The van der Waals surface area contributed by atoms with Crippen LogP contribution >= 0.6 is 0 Å². The van der Waals surface area contributed by atoms with Gasteiger partial charge in [0.1, 0.15) is 11.8 Å². The number of benzene rings is 3. The molecule has 0 bridgehead atoms. The molecule has 4 aromatic rings. The molecule has 38 heavy (non-hydrogen) atoms. The highest BCUT2D eigenvalue weighted by Gasteiger charge is 2.33. The van der Waals surface area contributed by atoms with Crippen molar-refractivity contribution < 1.29 is 14.3 Å². The molecule has 0 unspecified atom stereocenters. The molecule has 9 nitrogen and oxygen atoms in total. The number of fused-ring (bicyclic) bond motifs is 2. The minimum absolute atomic E-state index is 0.108. The van der Waals surface area contributed by atoms with E-state index in [1.807, 2.05) is 68.4 Å². The first-order chi connectivity index (χ1) is 18.4. The number of nitrogens with zero attached hydrogens (tertiary/aromatic N) is 2. The van der Waals surface area contributed by atoms with E-state index >= 15 is 0 Å². The van der Waals surface area contributed by atoms with E-state index in [1.54, 1.807) is 12.0 Å². The van der Waals surface area contributed by atoms with E-state index in [4.69, 9.17) is 4.74 Å². The van der Waals surface area contributed by atoms with E-state index in [0.29, 0.717) is 30.8 Å². The van der Waals surface area contributed by atoms with Gasteiger partial charge in [-0.3, -0.25) is 14.6 Å². The Hall–Kier alpha value is -4.40. The summed E-state index contributed by atoms with van der Waals surface area (Å²) in [5, 5.41) is 11.3. The molecule has 1 aliphatic rings. The van der Waals surface area contributed by atoms with Gasteiger partial charge in [0.2, 0.25) is 11.8 Å². The second kappa shape index (κ2) is 10.5. The van der Waals surface area contributed by atoms with Crippen LogP contribution in [0.25, 0.3) is 22.2 Å². The number of hydrogen-bond acceptors (Lipinski definition) is 5. The van der Waals surface area contributed by atoms with Crippen molar-refractivity contribution >= 4 is 28.3 Å². The summed E-state index contributed by atoms with van der Waals surface area (Å²) in [6.45, 7) is 4.10. The summed E-state index contributed by atoms with van der Waals surface area (Å²) in [5.41, 5.74) is 3.14. The molecule has 2 atom stereocenters. The number of carbonyl (C=O) groups excluding carboxylic acids is 2. The first-order valence-corrected chi connectivity index (χ1v) is 12.8. The molecule has 3 aromatic carbocycles. The highest BCUT2D eigenvalue weighted by Crippen LogP contribution is 2.35. The van der Waals surface area contributed by atoms with Crippen LogP contribution in [0.5, 0.6) is 5.75 Å². The topological polar surface area (TPSA) is 120 Å². The second-order valence-corrected chi connectivity index (χ2v) is 9.67. The van der Waals surface area contributed by atoms with Crippen LogP contribution in [0.3, 0.4) is 0 Å². The van der Waals surface area contributed by atoms with Crippen molar-refractivity contribution in [1.82, 2.24) is 20.5 Å². The molecular formula is C29H31N5O4. The number of ether oxygens (including phenoxy) is 1. The van der Waals surface area contributed by atoms with Gasteiger partial charge in [-0.1, -0.05) is 50.2 Å². The molecule has 1 aliphatic heterocycles. The Bertz CT molecular complexity index is 1560. The van der Waals surface area contributed by atoms with Gasteiger partial charge in [-0.25, -0.2) is 9.89 Å². The van der Waals surface area contributed by atoms with E-state index in [1.165, 1.54) is 0 Å². The molecule has 0 radical (unpaired) electrons. The fraction of sp³-hybridized carbons (Fsp3) is 0.310. The number of aromatic nitrogens is 3. The van der Waals surface area contributed by atoms with Crippen LogP contribution < -0.4 is 20.6 Å². The van der Waals surface area contributed by atoms with E-state index in [-0.39, 0.29) is 30.0 Å². The third-order valence-electron chi connectivity index (χ3n) is 7.32. The number of aromatic amines is 2. The normalized spacial score (nSPS) is 16.1. The maximum absolute atomic E-state index is 14.0. The molecule has 0 spiro atoms. The van der Waals surface area contributed by atoms with Gasteiger partial charge in [0.05, 0.1) is 13.7 Å². The van der Waals surface area contributed by atoms with E-state index < -0.39 is 6.04 Å². The Labute approximate surface area is 220 Å². The monoisotopic (exact) mass is 513 g/mol. The fourth-order valence-corrected chi connectivity index (χ4v) is 4.95. The van der Waals surface area contributed by atoms with E-state index in [9.17, 15) is 14.4 Å². The number of H-pyrrole nitrogens is 2. The third-order valence-corrected chi connectivity index (χ3v) is 7.32. The van der Waals surface area contributed by atoms with Crippen molar-refractivity contribution in [2.24, 2.45) is 5.92 Å². The van der Waals surface area contributed by atoms with E-state index in [2.05, 4.69) is 20.5 Å². The summed E-state index contributed by atoms with van der Waals surface area (Å²) in [6.07, 6.45) is 1.92. The van der Waals surface area contributed by atoms with Gasteiger partial charge in [0.15, 0.2) is 5.82 Å². The van der Waals surface area contributed by atoms with Crippen LogP contribution in [0.15, 0.2) is 59.4 Å². The number of rotatable bonds is 7. The minimum atomic E-state index is -0.618. The number of hydrogen-bond donors (Lipinski definition) is 3. The highest BCUT2D eigenvalue weighted by atomic mass is 16.5. The SMILES string of the molecule is CC[C@@H](C)C(=O)N[C@H]1CCc2ccccc2N(Cc2c(OC)ccc3cc(-c4n[nH]c(=O)[nH]4)ccc23)C1=O. The lowest BCUT2D eigenvalue weighted by Gasteiger charge is -2.28. The molecule has 196 valence electrons. The molecule has 3 N–H and O–H groups in total. The third kappa shape index (κ3) is 4.79. The Morgan fingerprint density at radius 2 is 2.00 bits per heavy atom. The smallest absolute Gasteiger partial charge is 0.340 e. The number of aryl methyl sites for hydroxylation is 1. The van der Waals surface area contributed by atoms with Crippen LogP contribution in [0.2, 0.25) is 0 Å². The highest BCUT2D eigenvalue weighted by molar-refractivity contribution is 6.01. The standard InChI is InChI=1S/C29H31N5O4/c1-4-17(2)27(35)30-23-13-10-18-7-5-6-8-24(18)34(28(23)36)16-22-21-12-9-20(26-31-29(37)33-32-26)15-19(21)11-14-25(22)38-3/h5-9,11-12,14-15,17,23H,4,10,13,16H2,1-3H3,(H,30,35)(H2,31,32,33,37)/t17-,23+/m1/s1. The maximum atomic E-state index is 14.0. The minimum Gasteiger partial charge on any atom is -0.496 e. The van der Waals surface area contributed by atoms with Gasteiger partial charge in [0, 0.05) is 22.7 Å². The van der Waals surface area contributed by atoms with Gasteiger partial charge in [-0.15, -0.1) is 0 Å². The summed E-state index contributed by atoms with van der Waals surface area (Å²) in [4.78, 5) is 42.7. The van der Waals surface area contributed by atoms with Gasteiger partial charge in [-0.05, 0) is 53.8 Å². The Morgan fingerprint density at radius 3 is 2.74 bits per heavy atom. The Balaban J connectivity index is 1.56. The van der Waals surface area contributed by atoms with Crippen LogP contribution in [0, 0.1) is 5.92 Å². The molecule has 0 aliphatic carbocycles. The van der Waals surface area contributed by atoms with Gasteiger partial charge >= 0.3 is 5.69 Å². The summed E-state index contributed by atoms with van der Waals surface area (Å²) >= 11 is 0. The number of para-hydroxylation sites is 1. The first-order valence-electron chi connectivity index (χ1n) is 12.8. The summed E-state index contributed by atoms with van der Waals surface area (Å²) in [5.74, 6) is 0.692. The summed E-state index contributed by atoms with van der Waals surface area (Å²) < 4.78 is 5.73. The fourth-order valence-electron chi connectivity index (χ4n) is 4.95. The van der Waals surface area contributed by atoms with Crippen molar-refractivity contribution in [1.29, 1.82) is 0 Å². The molecule has 2 amide bonds. The first kappa shape index (κ1) is 25.3. The molecule has 0 saturated heterocycles. The van der Waals surface area contributed by atoms with E-state index in [0.717, 1.165) is 33.2 Å². The summed E-state index contributed by atoms with van der Waals surface area (Å²) in [6, 6.07) is 16.9. The lowest BCUT2D eigenvalue weighted by atomic mass is 9.99. The van der Waals surface area contributed by atoms with Crippen LogP contribution in [0.4, 0.5) is 5.69 Å². The second-order valence-electron chi connectivity index (χ2n) is 9.67. The Morgan fingerprint density at radius 1 is 1.18 bits per heavy atom. The van der Waals surface area contributed by atoms with Crippen molar-refractivity contribution in [2.75, 3.05) is 12.0 Å². The van der Waals surface area contributed by atoms with Gasteiger partial charge in [0.25, 0.3) is 0 Å². The maximum Gasteiger partial charge on any atom is 0.340 e. The molecule has 9 heteroatoms. The molecule has 1 aromatic heterocycles. The predicted molar refractivity (Wildman–Crippen MR) is 146 cm³/mol. The molecule has 0 saturated carbocycles. The lowest BCUT2D eigenvalue weighted by Crippen LogP contribution is -2.49. The molecule has 5 rings (SSSR count). The predicted octanol–water partition coefficient (Wildman–Crippen LogP) is 3.94. The Kier molecular flexibility index (Phi) is 7.00. The zero-order chi connectivity index (χ0) is 26.8. The van der Waals surface area contributed by atoms with Crippen molar-refractivity contribution in [3.63, 3.8) is 0 Å². The van der Waals surface area contributed by atoms with Crippen molar-refractivity contribution in [3.8, 4) is 17.1 Å². The summed E-state index contributed by atoms with van der Waals surface area (Å²) in [7, 11) is 1.61. The lowest BCUT2D eigenvalue weighted by molar-refractivity contribution is -0.129. The van der Waals surface area contributed by atoms with Gasteiger partial charge < -0.3 is 15.0 Å². The number of amides is 2. The van der Waals surface area contributed by atoms with Crippen LogP contribution in [-0.2, 0) is 22.6 Å². The number of nitrogens with one attached hydrogen (secondary N) is 3. The largest absolute Gasteiger partial charge is 0.496 e. The van der Waals surface area contributed by atoms with Crippen LogP contribution in [0.1, 0.15) is 37.8 Å². The number of methoxy groups -OCH3 is 1. The van der Waals surface area contributed by atoms with Crippen molar-refractivity contribution in [3.05, 3.63) is 76.2 Å². The average Bonchev–Trinajstić information content (AvgIpc) is 3.33. The molecule has 0 fully saturated rings. The zero-order valence-corrected chi connectivity index (χ0v) is 21.7. The van der Waals surface area contributed by atoms with Crippen molar-refractivity contribution in [2.45, 2.75) is 45.7 Å². The molecule has 2 heterocycles. The zero-order valence-electron chi connectivity index (χ0n) is 21.7. The van der Waals surface area contributed by atoms with Crippen LogP contribution in [-0.4, -0.2) is 40.1 Å². The molecular weight excluding hydrogens is 482 g/mol. The van der Waals surface area contributed by atoms with Gasteiger partial charge in [-0.2, -0.15) is 5.10 Å². The number of anilines is 1. The quantitative estimate of drug-likeness (QED) is 0.346. The average molecular weight is 514 g/mol.